The van der Waals surface area contributed by atoms with Crippen LogP contribution in [0.2, 0.25) is 0 Å². The van der Waals surface area contributed by atoms with Crippen molar-refractivity contribution in [3.63, 3.8) is 0 Å². The molecule has 8 nitrogen and oxygen atoms in total. The van der Waals surface area contributed by atoms with Gasteiger partial charge in [0.2, 0.25) is 0 Å². The summed E-state index contributed by atoms with van der Waals surface area (Å²) in [6.45, 7) is 2.37. The van der Waals surface area contributed by atoms with Gasteiger partial charge in [-0.3, -0.25) is 9.36 Å². The van der Waals surface area contributed by atoms with E-state index in [1.807, 2.05) is 0 Å². The molecule has 1 unspecified atom stereocenters. The lowest BCUT2D eigenvalue weighted by Gasteiger charge is -2.19. The fourth-order valence-electron chi connectivity index (χ4n) is 2.89. The van der Waals surface area contributed by atoms with E-state index < -0.39 is 23.8 Å². The van der Waals surface area contributed by atoms with Crippen molar-refractivity contribution in [2.24, 2.45) is 0 Å². The predicted molar refractivity (Wildman–Crippen MR) is 104 cm³/mol. The van der Waals surface area contributed by atoms with Crippen LogP contribution in [0.15, 0.2) is 55.0 Å². The van der Waals surface area contributed by atoms with Crippen LogP contribution >= 0.6 is 0 Å². The fraction of sp³-hybridized carbons (Fsp3) is 0.190. The second kappa shape index (κ2) is 8.24. The van der Waals surface area contributed by atoms with Crippen molar-refractivity contribution in [2.75, 3.05) is 18.5 Å². The minimum Gasteiger partial charge on any atom is -0.486 e. The van der Waals surface area contributed by atoms with E-state index in [1.165, 1.54) is 48.3 Å². The molecule has 1 aliphatic heterocycles. The number of carbonyl (C=O) groups is 2. The first-order chi connectivity index (χ1) is 14.5. The number of fused-ring (bicyclic) bond motifs is 1. The van der Waals surface area contributed by atoms with Crippen molar-refractivity contribution in [2.45, 2.75) is 13.0 Å². The standard InChI is InChI=1S/C21H18FN3O5/c1-13(20(26)24-15-4-7-18-19(10-15)29-9-8-28-18)30-21(27)17-11-23-12-25(17)16-5-2-14(22)3-6-16/h2-7,10-13H,8-9H2,1H3,(H,24,26). The van der Waals surface area contributed by atoms with Crippen LogP contribution in [0.5, 0.6) is 11.5 Å². The molecule has 30 heavy (non-hydrogen) atoms. The number of nitrogens with zero attached hydrogens (tertiary/aromatic N) is 2. The van der Waals surface area contributed by atoms with Crippen molar-refractivity contribution in [1.29, 1.82) is 0 Å². The molecule has 0 bridgehead atoms. The Labute approximate surface area is 171 Å². The topological polar surface area (TPSA) is 91.7 Å². The summed E-state index contributed by atoms with van der Waals surface area (Å²) in [6, 6.07) is 10.6. The fourth-order valence-corrected chi connectivity index (χ4v) is 2.89. The molecule has 0 fully saturated rings. The Morgan fingerprint density at radius 3 is 2.63 bits per heavy atom. The Balaban J connectivity index is 1.42. The van der Waals surface area contributed by atoms with E-state index in [0.717, 1.165) is 0 Å². The summed E-state index contributed by atoms with van der Waals surface area (Å²) in [5.41, 5.74) is 1.14. The molecular weight excluding hydrogens is 393 g/mol. The molecule has 1 N–H and O–H groups in total. The third kappa shape index (κ3) is 4.09. The molecule has 0 aliphatic carbocycles. The summed E-state index contributed by atoms with van der Waals surface area (Å²) < 4.78 is 30.8. The molecular formula is C21H18FN3O5. The first-order valence-electron chi connectivity index (χ1n) is 9.21. The molecule has 1 aromatic heterocycles. The molecule has 0 saturated heterocycles. The van der Waals surface area contributed by atoms with E-state index in [9.17, 15) is 14.0 Å². The zero-order valence-electron chi connectivity index (χ0n) is 16.0. The van der Waals surface area contributed by atoms with Gasteiger partial charge in [-0.1, -0.05) is 0 Å². The largest absolute Gasteiger partial charge is 0.486 e. The van der Waals surface area contributed by atoms with Crippen LogP contribution in [0.3, 0.4) is 0 Å². The van der Waals surface area contributed by atoms with Gasteiger partial charge in [0.05, 0.1) is 12.5 Å². The molecule has 1 amide bonds. The van der Waals surface area contributed by atoms with E-state index in [0.29, 0.717) is 36.1 Å². The highest BCUT2D eigenvalue weighted by Gasteiger charge is 2.22. The number of hydrogen-bond acceptors (Lipinski definition) is 6. The summed E-state index contributed by atoms with van der Waals surface area (Å²) in [7, 11) is 0. The van der Waals surface area contributed by atoms with Gasteiger partial charge >= 0.3 is 5.97 Å². The maximum Gasteiger partial charge on any atom is 0.357 e. The average molecular weight is 411 g/mol. The number of rotatable bonds is 5. The second-order valence-electron chi connectivity index (χ2n) is 6.52. The third-order valence-electron chi connectivity index (χ3n) is 4.42. The molecule has 9 heteroatoms. The SMILES string of the molecule is CC(OC(=O)c1cncn1-c1ccc(F)cc1)C(=O)Nc1ccc2c(c1)OCCO2. The number of hydrogen-bond donors (Lipinski definition) is 1. The number of nitrogens with one attached hydrogen (secondary N) is 1. The van der Waals surface area contributed by atoms with E-state index in [2.05, 4.69) is 10.3 Å². The molecule has 0 spiro atoms. The van der Waals surface area contributed by atoms with Gasteiger partial charge in [-0.25, -0.2) is 14.2 Å². The first kappa shape index (κ1) is 19.4. The quantitative estimate of drug-likeness (QED) is 0.649. The highest BCUT2D eigenvalue weighted by Crippen LogP contribution is 2.32. The Kier molecular flexibility index (Phi) is 5.34. The number of esters is 1. The molecule has 1 aliphatic rings. The van der Waals surface area contributed by atoms with Crippen molar-refractivity contribution >= 4 is 17.6 Å². The zero-order chi connectivity index (χ0) is 21.1. The lowest BCUT2D eigenvalue weighted by atomic mass is 10.2. The zero-order valence-corrected chi connectivity index (χ0v) is 16.0. The van der Waals surface area contributed by atoms with Crippen LogP contribution in [0.4, 0.5) is 10.1 Å². The van der Waals surface area contributed by atoms with Gasteiger partial charge in [0.1, 0.15) is 19.0 Å². The Morgan fingerprint density at radius 1 is 1.13 bits per heavy atom. The van der Waals surface area contributed by atoms with E-state index in [1.54, 1.807) is 18.2 Å². The molecule has 2 heterocycles. The number of benzene rings is 2. The Hall–Kier alpha value is -3.88. The van der Waals surface area contributed by atoms with Gasteiger partial charge in [0.15, 0.2) is 23.3 Å². The molecule has 2 aromatic carbocycles. The van der Waals surface area contributed by atoms with Gasteiger partial charge in [0, 0.05) is 17.4 Å². The summed E-state index contributed by atoms with van der Waals surface area (Å²) in [5.74, 6) is -0.498. The molecule has 3 aromatic rings. The maximum atomic E-state index is 13.1. The number of imidazole rings is 1. The summed E-state index contributed by atoms with van der Waals surface area (Å²) in [4.78, 5) is 29.0. The second-order valence-corrected chi connectivity index (χ2v) is 6.52. The number of anilines is 1. The number of aromatic nitrogens is 2. The van der Waals surface area contributed by atoms with Crippen LogP contribution in [-0.2, 0) is 9.53 Å². The minimum atomic E-state index is -1.07. The lowest BCUT2D eigenvalue weighted by molar-refractivity contribution is -0.123. The van der Waals surface area contributed by atoms with Crippen LogP contribution in [0.1, 0.15) is 17.4 Å². The number of halogens is 1. The van der Waals surface area contributed by atoms with Crippen molar-refractivity contribution < 1.29 is 28.2 Å². The highest BCUT2D eigenvalue weighted by atomic mass is 19.1. The van der Waals surface area contributed by atoms with Gasteiger partial charge in [0.25, 0.3) is 5.91 Å². The monoisotopic (exact) mass is 411 g/mol. The van der Waals surface area contributed by atoms with E-state index >= 15 is 0 Å². The van der Waals surface area contributed by atoms with Gasteiger partial charge in [-0.15, -0.1) is 0 Å². The Bertz CT molecular complexity index is 1080. The summed E-state index contributed by atoms with van der Waals surface area (Å²) >= 11 is 0. The summed E-state index contributed by atoms with van der Waals surface area (Å²) in [5, 5.41) is 2.68. The lowest BCUT2D eigenvalue weighted by Crippen LogP contribution is -2.30. The Morgan fingerprint density at radius 2 is 1.87 bits per heavy atom. The smallest absolute Gasteiger partial charge is 0.357 e. The summed E-state index contributed by atoms with van der Waals surface area (Å²) in [6.07, 6.45) is 1.66. The van der Waals surface area contributed by atoms with Crippen LogP contribution in [-0.4, -0.2) is 40.7 Å². The van der Waals surface area contributed by atoms with Gasteiger partial charge in [-0.05, 0) is 43.3 Å². The third-order valence-corrected chi connectivity index (χ3v) is 4.42. The van der Waals surface area contributed by atoms with Gasteiger partial charge < -0.3 is 19.5 Å². The van der Waals surface area contributed by atoms with Crippen LogP contribution < -0.4 is 14.8 Å². The number of carbonyl (C=O) groups excluding carboxylic acids is 2. The highest BCUT2D eigenvalue weighted by molar-refractivity contribution is 5.97. The van der Waals surface area contributed by atoms with E-state index in [4.69, 9.17) is 14.2 Å². The van der Waals surface area contributed by atoms with Crippen molar-refractivity contribution in [3.05, 3.63) is 66.5 Å². The van der Waals surface area contributed by atoms with Crippen LogP contribution in [0, 0.1) is 5.82 Å². The number of ether oxygens (including phenoxy) is 3. The maximum absolute atomic E-state index is 13.1. The normalized spacial score (nSPS) is 13.4. The molecule has 0 saturated carbocycles. The predicted octanol–water partition coefficient (Wildman–Crippen LogP) is 2.97. The molecule has 154 valence electrons. The molecule has 1 atom stereocenters. The average Bonchev–Trinajstić information content (AvgIpc) is 3.24. The van der Waals surface area contributed by atoms with Crippen molar-refractivity contribution in [3.8, 4) is 17.2 Å². The first-order valence-corrected chi connectivity index (χ1v) is 9.21. The molecule has 0 radical (unpaired) electrons. The van der Waals surface area contributed by atoms with Crippen LogP contribution in [0.25, 0.3) is 5.69 Å². The van der Waals surface area contributed by atoms with Gasteiger partial charge in [-0.2, -0.15) is 0 Å². The number of amides is 1. The molecule has 4 rings (SSSR count). The minimum absolute atomic E-state index is 0.112. The van der Waals surface area contributed by atoms with E-state index in [-0.39, 0.29) is 5.69 Å². The van der Waals surface area contributed by atoms with Crippen molar-refractivity contribution in [1.82, 2.24) is 9.55 Å².